The molecule has 3 heterocycles. The average molecular weight is 465 g/mol. The molecule has 0 unspecified atom stereocenters. The Hall–Kier alpha value is -3.96. The van der Waals surface area contributed by atoms with Gasteiger partial charge in [-0.1, -0.05) is 29.8 Å². The van der Waals surface area contributed by atoms with E-state index in [1.807, 2.05) is 42.5 Å². The van der Waals surface area contributed by atoms with Crippen LogP contribution >= 0.6 is 11.6 Å². The fourth-order valence-corrected chi connectivity index (χ4v) is 4.71. The first-order valence-electron chi connectivity index (χ1n) is 11.1. The second kappa shape index (κ2) is 8.43. The molecule has 6 rings (SSSR count). The predicted molar refractivity (Wildman–Crippen MR) is 137 cm³/mol. The van der Waals surface area contributed by atoms with Crippen LogP contribution in [0.1, 0.15) is 5.56 Å². The van der Waals surface area contributed by atoms with E-state index in [0.717, 1.165) is 62.8 Å². The van der Waals surface area contributed by atoms with Crippen molar-refractivity contribution in [3.63, 3.8) is 0 Å². The molecule has 1 aliphatic rings. The van der Waals surface area contributed by atoms with Crippen LogP contribution in [0.3, 0.4) is 0 Å². The number of aromatic nitrogens is 3. The lowest BCUT2D eigenvalue weighted by Crippen LogP contribution is -2.16. The van der Waals surface area contributed by atoms with Crippen LogP contribution in [0.2, 0.25) is 5.02 Å². The summed E-state index contributed by atoms with van der Waals surface area (Å²) in [5.41, 5.74) is 6.28. The van der Waals surface area contributed by atoms with Gasteiger partial charge in [-0.2, -0.15) is 0 Å². The Labute approximate surface area is 202 Å². The molecule has 0 fully saturated rings. The topological polar surface area (TPSA) is 51.1 Å². The highest BCUT2D eigenvalue weighted by Gasteiger charge is 2.24. The average Bonchev–Trinajstić information content (AvgIpc) is 3.31. The number of rotatable bonds is 4. The zero-order chi connectivity index (χ0) is 23.1. The molecular weight excluding hydrogens is 444 g/mol. The lowest BCUT2D eigenvalue weighted by atomic mass is 10.0. The zero-order valence-electron chi connectivity index (χ0n) is 18.6. The van der Waals surface area contributed by atoms with Gasteiger partial charge in [-0.3, -0.25) is 4.98 Å². The highest BCUT2D eigenvalue weighted by atomic mass is 35.5. The second-order valence-electron chi connectivity index (χ2n) is 8.25. The summed E-state index contributed by atoms with van der Waals surface area (Å²) in [5, 5.41) is 1.76. The molecule has 2 aromatic heterocycles. The summed E-state index contributed by atoms with van der Waals surface area (Å²) >= 11 is 6.25. The number of ether oxygens (including phenoxy) is 1. The van der Waals surface area contributed by atoms with Gasteiger partial charge < -0.3 is 9.64 Å². The van der Waals surface area contributed by atoms with Crippen molar-refractivity contribution in [3.8, 4) is 28.3 Å². The van der Waals surface area contributed by atoms with Crippen LogP contribution in [0, 0.1) is 0 Å². The van der Waals surface area contributed by atoms with Crippen LogP contribution in [-0.2, 0) is 6.42 Å². The van der Waals surface area contributed by atoms with Crippen molar-refractivity contribution in [3.05, 3.63) is 95.8 Å². The van der Waals surface area contributed by atoms with Gasteiger partial charge in [0.15, 0.2) is 5.82 Å². The van der Waals surface area contributed by atoms with Gasteiger partial charge in [0.1, 0.15) is 11.6 Å². The minimum Gasteiger partial charge on any atom is -0.497 e. The molecule has 34 heavy (non-hydrogen) atoms. The van der Waals surface area contributed by atoms with Crippen LogP contribution in [0.15, 0.2) is 85.2 Å². The molecule has 0 spiro atoms. The first-order chi connectivity index (χ1) is 16.7. The third-order valence-electron chi connectivity index (χ3n) is 6.19. The first-order valence-corrected chi connectivity index (χ1v) is 11.5. The zero-order valence-corrected chi connectivity index (χ0v) is 19.3. The number of hydrogen-bond acceptors (Lipinski definition) is 5. The van der Waals surface area contributed by atoms with Gasteiger partial charge in [-0.25, -0.2) is 9.97 Å². The normalized spacial score (nSPS) is 12.7. The van der Waals surface area contributed by atoms with Crippen LogP contribution in [0.4, 0.5) is 11.5 Å². The van der Waals surface area contributed by atoms with Gasteiger partial charge in [-0.05, 0) is 77.7 Å². The maximum absolute atomic E-state index is 6.25. The minimum atomic E-state index is 0.654. The van der Waals surface area contributed by atoms with Gasteiger partial charge in [0.2, 0.25) is 0 Å². The molecule has 0 N–H and O–H groups in total. The molecule has 0 saturated heterocycles. The van der Waals surface area contributed by atoms with E-state index in [1.54, 1.807) is 19.5 Å². The molecule has 1 aliphatic heterocycles. The Morgan fingerprint density at radius 3 is 2.62 bits per heavy atom. The molecule has 0 atom stereocenters. The summed E-state index contributed by atoms with van der Waals surface area (Å²) in [6.07, 6.45) is 4.48. The lowest BCUT2D eigenvalue weighted by Gasteiger charge is -2.21. The smallest absolute Gasteiger partial charge is 0.163 e. The molecular formula is C28H21ClN4O. The highest BCUT2D eigenvalue weighted by Crippen LogP contribution is 2.39. The van der Waals surface area contributed by atoms with Gasteiger partial charge in [0.25, 0.3) is 0 Å². The van der Waals surface area contributed by atoms with Gasteiger partial charge >= 0.3 is 0 Å². The number of benzene rings is 3. The first kappa shape index (κ1) is 20.6. The van der Waals surface area contributed by atoms with E-state index in [-0.39, 0.29) is 0 Å². The number of nitrogens with zero attached hydrogens (tertiary/aromatic N) is 4. The fourth-order valence-electron chi connectivity index (χ4n) is 4.52. The van der Waals surface area contributed by atoms with Crippen molar-refractivity contribution in [2.45, 2.75) is 6.42 Å². The van der Waals surface area contributed by atoms with Crippen molar-refractivity contribution in [2.75, 3.05) is 18.6 Å². The third-order valence-corrected chi connectivity index (χ3v) is 6.43. The van der Waals surface area contributed by atoms with E-state index in [0.29, 0.717) is 5.82 Å². The maximum atomic E-state index is 6.25. The minimum absolute atomic E-state index is 0.654. The molecule has 6 heteroatoms. The number of methoxy groups -OCH3 is 1. The van der Waals surface area contributed by atoms with E-state index in [2.05, 4.69) is 40.2 Å². The molecule has 166 valence electrons. The number of fused-ring (bicyclic) bond motifs is 2. The second-order valence-corrected chi connectivity index (χ2v) is 8.69. The summed E-state index contributed by atoms with van der Waals surface area (Å²) in [6.45, 7) is 0.839. The molecule has 0 amide bonds. The molecule has 0 radical (unpaired) electrons. The number of halogens is 1. The van der Waals surface area contributed by atoms with Crippen LogP contribution in [0.5, 0.6) is 5.75 Å². The van der Waals surface area contributed by atoms with Gasteiger partial charge in [0, 0.05) is 40.6 Å². The van der Waals surface area contributed by atoms with Crippen LogP contribution < -0.4 is 9.64 Å². The van der Waals surface area contributed by atoms with E-state index in [9.17, 15) is 0 Å². The monoisotopic (exact) mass is 464 g/mol. The number of anilines is 2. The van der Waals surface area contributed by atoms with Crippen molar-refractivity contribution < 1.29 is 4.74 Å². The number of pyridine rings is 1. The largest absolute Gasteiger partial charge is 0.497 e. The van der Waals surface area contributed by atoms with Crippen LogP contribution in [0.25, 0.3) is 33.4 Å². The van der Waals surface area contributed by atoms with Crippen molar-refractivity contribution >= 4 is 34.0 Å². The van der Waals surface area contributed by atoms with Crippen LogP contribution in [-0.4, -0.2) is 28.6 Å². The summed E-state index contributed by atoms with van der Waals surface area (Å²) in [4.78, 5) is 16.5. The molecule has 3 aromatic carbocycles. The quantitative estimate of drug-likeness (QED) is 0.295. The fraction of sp³-hybridized carbons (Fsp3) is 0.107. The Morgan fingerprint density at radius 1 is 0.882 bits per heavy atom. The SMILES string of the molecule is COc1cccc(-c2ccc3c(N4CCc5cc(Cl)ccc54)nc(-c4cccnc4)nc3c2)c1. The van der Waals surface area contributed by atoms with Crippen molar-refractivity contribution in [2.24, 2.45) is 0 Å². The highest BCUT2D eigenvalue weighted by molar-refractivity contribution is 6.30. The lowest BCUT2D eigenvalue weighted by molar-refractivity contribution is 0.415. The van der Waals surface area contributed by atoms with Gasteiger partial charge in [0.05, 0.1) is 12.6 Å². The Bertz CT molecular complexity index is 1520. The number of hydrogen-bond donors (Lipinski definition) is 0. The van der Waals surface area contributed by atoms with Crippen molar-refractivity contribution in [1.29, 1.82) is 0 Å². The van der Waals surface area contributed by atoms with E-state index < -0.39 is 0 Å². The molecule has 5 aromatic rings. The van der Waals surface area contributed by atoms with Crippen molar-refractivity contribution in [1.82, 2.24) is 15.0 Å². The summed E-state index contributed by atoms with van der Waals surface area (Å²) < 4.78 is 5.42. The third kappa shape index (κ3) is 3.64. The molecule has 5 nitrogen and oxygen atoms in total. The maximum Gasteiger partial charge on any atom is 0.163 e. The molecule has 0 bridgehead atoms. The summed E-state index contributed by atoms with van der Waals surface area (Å²) in [6, 6.07) is 24.4. The van der Waals surface area contributed by atoms with E-state index in [4.69, 9.17) is 26.3 Å². The Balaban J connectivity index is 1.55. The Kier molecular flexibility index (Phi) is 5.12. The summed E-state index contributed by atoms with van der Waals surface area (Å²) in [7, 11) is 1.68. The predicted octanol–water partition coefficient (Wildman–Crippen LogP) is 6.72. The standard InChI is InChI=1S/C28H21ClN4O/c1-34-23-6-2-4-18(15-23)19-7-9-24-25(16-19)31-27(21-5-3-12-30-17-21)32-28(24)33-13-11-20-14-22(29)8-10-26(20)33/h2-10,12,14-17H,11,13H2,1H3. The van der Waals surface area contributed by atoms with Gasteiger partial charge in [-0.15, -0.1) is 0 Å². The molecule has 0 aliphatic carbocycles. The van der Waals surface area contributed by atoms with E-state index >= 15 is 0 Å². The van der Waals surface area contributed by atoms with E-state index in [1.165, 1.54) is 5.56 Å². The molecule has 0 saturated carbocycles. The Morgan fingerprint density at radius 2 is 1.76 bits per heavy atom. The summed E-state index contributed by atoms with van der Waals surface area (Å²) in [5.74, 6) is 2.37.